The van der Waals surface area contributed by atoms with E-state index < -0.39 is 4.92 Å². The van der Waals surface area contributed by atoms with Gasteiger partial charge in [0.15, 0.2) is 0 Å². The first-order valence-electron chi connectivity index (χ1n) is 5.73. The molecule has 2 aromatic carbocycles. The number of hydrogen-bond acceptors (Lipinski definition) is 5. The van der Waals surface area contributed by atoms with Crippen LogP contribution in [0.2, 0.25) is 0 Å². The van der Waals surface area contributed by atoms with E-state index >= 15 is 0 Å². The number of anilines is 1. The van der Waals surface area contributed by atoms with E-state index in [9.17, 15) is 10.1 Å². The number of rotatable bonds is 5. The molecular weight excluding hydrogens is 342 g/mol. The fourth-order valence-electron chi connectivity index (χ4n) is 1.67. The number of nitrogens with zero attached hydrogens (tertiary/aromatic N) is 1. The van der Waals surface area contributed by atoms with Gasteiger partial charge in [-0.05, 0) is 39.7 Å². The summed E-state index contributed by atoms with van der Waals surface area (Å²) in [6, 6.07) is 12.4. The van der Waals surface area contributed by atoms with E-state index in [4.69, 9.17) is 5.84 Å². The van der Waals surface area contributed by atoms with Crippen LogP contribution in [0.3, 0.4) is 0 Å². The SMILES string of the molecule is NNc1ccc([N+](=O)[O-])cc1CSc1ccccc1Br. The largest absolute Gasteiger partial charge is 0.324 e. The number of nitro benzene ring substituents is 1. The highest BCUT2D eigenvalue weighted by molar-refractivity contribution is 9.10. The molecular formula is C13H12BrN3O2S. The third-order valence-electron chi connectivity index (χ3n) is 2.67. The second-order valence-corrected chi connectivity index (χ2v) is 5.83. The zero-order valence-corrected chi connectivity index (χ0v) is 12.8. The Kier molecular flexibility index (Phi) is 4.99. The minimum Gasteiger partial charge on any atom is -0.324 e. The van der Waals surface area contributed by atoms with Crippen molar-refractivity contribution in [2.24, 2.45) is 5.84 Å². The molecule has 2 aromatic rings. The maximum Gasteiger partial charge on any atom is 0.269 e. The van der Waals surface area contributed by atoms with Gasteiger partial charge in [-0.3, -0.25) is 16.0 Å². The van der Waals surface area contributed by atoms with Crippen molar-refractivity contribution in [3.63, 3.8) is 0 Å². The van der Waals surface area contributed by atoms with Gasteiger partial charge < -0.3 is 5.43 Å². The summed E-state index contributed by atoms with van der Waals surface area (Å²) in [4.78, 5) is 11.5. The molecule has 0 atom stereocenters. The van der Waals surface area contributed by atoms with Crippen LogP contribution in [0.5, 0.6) is 0 Å². The zero-order valence-electron chi connectivity index (χ0n) is 10.4. The second-order valence-electron chi connectivity index (χ2n) is 3.96. The van der Waals surface area contributed by atoms with Gasteiger partial charge in [0.1, 0.15) is 0 Å². The van der Waals surface area contributed by atoms with E-state index in [1.807, 2.05) is 24.3 Å². The Morgan fingerprint density at radius 1 is 1.30 bits per heavy atom. The number of benzene rings is 2. The van der Waals surface area contributed by atoms with E-state index in [1.54, 1.807) is 23.9 Å². The summed E-state index contributed by atoms with van der Waals surface area (Å²) in [6.07, 6.45) is 0. The number of thioether (sulfide) groups is 1. The molecule has 5 nitrogen and oxygen atoms in total. The fraction of sp³-hybridized carbons (Fsp3) is 0.0769. The van der Waals surface area contributed by atoms with Gasteiger partial charge in [-0.15, -0.1) is 11.8 Å². The summed E-state index contributed by atoms with van der Waals surface area (Å²) in [5.41, 5.74) is 4.11. The lowest BCUT2D eigenvalue weighted by molar-refractivity contribution is -0.384. The molecule has 0 aliphatic heterocycles. The van der Waals surface area contributed by atoms with Gasteiger partial charge in [-0.2, -0.15) is 0 Å². The topological polar surface area (TPSA) is 81.2 Å². The van der Waals surface area contributed by atoms with E-state index in [0.717, 1.165) is 14.9 Å². The van der Waals surface area contributed by atoms with Gasteiger partial charge in [-0.25, -0.2) is 0 Å². The van der Waals surface area contributed by atoms with Gasteiger partial charge in [-0.1, -0.05) is 12.1 Å². The van der Waals surface area contributed by atoms with Crippen LogP contribution in [0.1, 0.15) is 5.56 Å². The fourth-order valence-corrected chi connectivity index (χ4v) is 3.23. The molecule has 0 aromatic heterocycles. The average molecular weight is 354 g/mol. The van der Waals surface area contributed by atoms with Crippen LogP contribution in [-0.2, 0) is 5.75 Å². The molecule has 3 N–H and O–H groups in total. The molecule has 0 spiro atoms. The number of hydrazine groups is 1. The van der Waals surface area contributed by atoms with Crippen molar-refractivity contribution in [1.82, 2.24) is 0 Å². The maximum atomic E-state index is 10.8. The first-order valence-corrected chi connectivity index (χ1v) is 7.51. The van der Waals surface area contributed by atoms with Crippen molar-refractivity contribution in [2.75, 3.05) is 5.43 Å². The highest BCUT2D eigenvalue weighted by Crippen LogP contribution is 2.32. The highest BCUT2D eigenvalue weighted by Gasteiger charge is 2.11. The Bertz CT molecular complexity index is 637. The Balaban J connectivity index is 2.22. The van der Waals surface area contributed by atoms with Crippen molar-refractivity contribution in [3.05, 3.63) is 62.6 Å². The lowest BCUT2D eigenvalue weighted by Crippen LogP contribution is -2.09. The molecule has 0 unspecified atom stereocenters. The van der Waals surface area contributed by atoms with Gasteiger partial charge in [0.2, 0.25) is 0 Å². The highest BCUT2D eigenvalue weighted by atomic mass is 79.9. The van der Waals surface area contributed by atoms with Crippen LogP contribution in [0.4, 0.5) is 11.4 Å². The van der Waals surface area contributed by atoms with E-state index in [2.05, 4.69) is 21.4 Å². The molecule has 7 heteroatoms. The zero-order chi connectivity index (χ0) is 14.5. The normalized spacial score (nSPS) is 10.3. The molecule has 0 fully saturated rings. The number of hydrogen-bond donors (Lipinski definition) is 2. The predicted octanol–water partition coefficient (Wildman–Crippen LogP) is 3.94. The summed E-state index contributed by atoms with van der Waals surface area (Å²) in [7, 11) is 0. The lowest BCUT2D eigenvalue weighted by atomic mass is 10.2. The number of nitrogens with two attached hydrogens (primary N) is 1. The Morgan fingerprint density at radius 3 is 2.70 bits per heavy atom. The third-order valence-corrected chi connectivity index (χ3v) is 4.75. The number of nitrogens with one attached hydrogen (secondary N) is 1. The van der Waals surface area contributed by atoms with Crippen LogP contribution >= 0.6 is 27.7 Å². The van der Waals surface area contributed by atoms with E-state index in [0.29, 0.717) is 11.4 Å². The van der Waals surface area contributed by atoms with Crippen LogP contribution in [-0.4, -0.2) is 4.92 Å². The summed E-state index contributed by atoms with van der Waals surface area (Å²) in [5, 5.41) is 10.8. The van der Waals surface area contributed by atoms with E-state index in [1.165, 1.54) is 6.07 Å². The summed E-state index contributed by atoms with van der Waals surface area (Å²) in [5.74, 6) is 6.02. The summed E-state index contributed by atoms with van der Waals surface area (Å²) >= 11 is 5.06. The first-order chi connectivity index (χ1) is 9.61. The molecule has 0 aliphatic carbocycles. The third kappa shape index (κ3) is 3.50. The van der Waals surface area contributed by atoms with Gasteiger partial charge in [0.25, 0.3) is 5.69 Å². The predicted molar refractivity (Wildman–Crippen MR) is 84.6 cm³/mol. The molecule has 0 amide bonds. The van der Waals surface area contributed by atoms with Gasteiger partial charge >= 0.3 is 0 Å². The molecule has 0 saturated carbocycles. The maximum absolute atomic E-state index is 10.8. The van der Waals surface area contributed by atoms with Crippen molar-refractivity contribution in [2.45, 2.75) is 10.6 Å². The molecule has 0 radical (unpaired) electrons. The molecule has 0 bridgehead atoms. The molecule has 0 saturated heterocycles. The van der Waals surface area contributed by atoms with Gasteiger partial charge in [0, 0.05) is 27.3 Å². The molecule has 104 valence electrons. The minimum atomic E-state index is -0.410. The average Bonchev–Trinajstić information content (AvgIpc) is 2.46. The monoisotopic (exact) mass is 353 g/mol. The van der Waals surface area contributed by atoms with Crippen LogP contribution < -0.4 is 11.3 Å². The summed E-state index contributed by atoms with van der Waals surface area (Å²) < 4.78 is 0.998. The van der Waals surface area contributed by atoms with Crippen molar-refractivity contribution >= 4 is 39.1 Å². The van der Waals surface area contributed by atoms with E-state index in [-0.39, 0.29) is 5.69 Å². The first kappa shape index (κ1) is 14.8. The molecule has 20 heavy (non-hydrogen) atoms. The van der Waals surface area contributed by atoms with Crippen LogP contribution in [0.25, 0.3) is 0 Å². The molecule has 0 aliphatic rings. The van der Waals surface area contributed by atoms with Crippen molar-refractivity contribution < 1.29 is 4.92 Å². The number of non-ortho nitro benzene ring substituents is 1. The second kappa shape index (κ2) is 6.74. The summed E-state index contributed by atoms with van der Waals surface area (Å²) in [6.45, 7) is 0. The Hall–Kier alpha value is -1.57. The van der Waals surface area contributed by atoms with Crippen molar-refractivity contribution in [1.29, 1.82) is 0 Å². The number of nitrogen functional groups attached to an aromatic ring is 1. The van der Waals surface area contributed by atoms with Crippen molar-refractivity contribution in [3.8, 4) is 0 Å². The molecule has 0 heterocycles. The smallest absolute Gasteiger partial charge is 0.269 e. The number of nitro groups is 1. The quantitative estimate of drug-likeness (QED) is 0.368. The van der Waals surface area contributed by atoms with Gasteiger partial charge in [0.05, 0.1) is 10.6 Å². The Morgan fingerprint density at radius 2 is 2.05 bits per heavy atom. The minimum absolute atomic E-state index is 0.0618. The molecule has 2 rings (SSSR count). The Labute approximate surface area is 128 Å². The van der Waals surface area contributed by atoms with Crippen LogP contribution in [0, 0.1) is 10.1 Å². The standard InChI is InChI=1S/C13H12BrN3O2S/c14-11-3-1-2-4-13(11)20-8-9-7-10(17(18)19)5-6-12(9)16-15/h1-7,16H,8,15H2. The lowest BCUT2D eigenvalue weighted by Gasteiger charge is -2.09. The van der Waals surface area contributed by atoms with Crippen LogP contribution in [0.15, 0.2) is 51.8 Å². The number of halogens is 1.